The first-order valence-corrected chi connectivity index (χ1v) is 7.73. The van der Waals surface area contributed by atoms with Gasteiger partial charge in [-0.25, -0.2) is 0 Å². The predicted molar refractivity (Wildman–Crippen MR) is 93.8 cm³/mol. The van der Waals surface area contributed by atoms with Crippen molar-refractivity contribution in [2.45, 2.75) is 12.5 Å². The molecule has 0 aromatic heterocycles. The van der Waals surface area contributed by atoms with Gasteiger partial charge in [0.15, 0.2) is 0 Å². The highest BCUT2D eigenvalue weighted by Crippen LogP contribution is 2.24. The molecular weight excluding hydrogens is 302 g/mol. The molecule has 124 valence electrons. The van der Waals surface area contributed by atoms with E-state index < -0.39 is 6.04 Å². The van der Waals surface area contributed by atoms with E-state index in [4.69, 9.17) is 4.74 Å². The Morgan fingerprint density at radius 3 is 2.54 bits per heavy atom. The third-order valence-electron chi connectivity index (χ3n) is 3.76. The van der Waals surface area contributed by atoms with Crippen molar-refractivity contribution in [2.75, 3.05) is 25.6 Å². The van der Waals surface area contributed by atoms with Gasteiger partial charge in [0, 0.05) is 31.3 Å². The van der Waals surface area contributed by atoms with Gasteiger partial charge in [0.05, 0.1) is 13.2 Å². The lowest BCUT2D eigenvalue weighted by molar-refractivity contribution is -0.121. The molecule has 0 heterocycles. The van der Waals surface area contributed by atoms with Gasteiger partial charge in [-0.15, -0.1) is 0 Å². The third kappa shape index (κ3) is 4.50. The van der Waals surface area contributed by atoms with E-state index in [0.717, 1.165) is 5.69 Å². The van der Waals surface area contributed by atoms with Crippen LogP contribution in [0.4, 0.5) is 5.69 Å². The molecular formula is C19H21N3O2. The van der Waals surface area contributed by atoms with Crippen LogP contribution in [0, 0.1) is 11.3 Å². The molecule has 2 rings (SSSR count). The second-order valence-electron chi connectivity index (χ2n) is 5.38. The number of rotatable bonds is 7. The molecule has 0 aliphatic rings. The van der Waals surface area contributed by atoms with Crippen molar-refractivity contribution in [1.82, 2.24) is 5.32 Å². The van der Waals surface area contributed by atoms with Gasteiger partial charge < -0.3 is 15.0 Å². The van der Waals surface area contributed by atoms with Crippen LogP contribution in [0.5, 0.6) is 5.75 Å². The SMILES string of the molecule is COc1ccccc1[C@@H](C#N)NC(=O)CCN(C)c1ccccc1. The van der Waals surface area contributed by atoms with E-state index >= 15 is 0 Å². The zero-order valence-corrected chi connectivity index (χ0v) is 13.9. The number of benzene rings is 2. The average molecular weight is 323 g/mol. The first-order valence-electron chi connectivity index (χ1n) is 7.73. The predicted octanol–water partition coefficient (Wildman–Crippen LogP) is 2.90. The molecule has 0 unspecified atom stereocenters. The number of hydrogen-bond acceptors (Lipinski definition) is 4. The van der Waals surface area contributed by atoms with Crippen LogP contribution in [-0.4, -0.2) is 26.6 Å². The van der Waals surface area contributed by atoms with E-state index in [0.29, 0.717) is 24.3 Å². The molecule has 0 aliphatic carbocycles. The van der Waals surface area contributed by atoms with Crippen LogP contribution in [0.25, 0.3) is 0 Å². The fourth-order valence-corrected chi connectivity index (χ4v) is 2.40. The highest BCUT2D eigenvalue weighted by Gasteiger charge is 2.17. The number of carbonyl (C=O) groups excluding carboxylic acids is 1. The largest absolute Gasteiger partial charge is 0.496 e. The molecule has 1 N–H and O–H groups in total. The Hall–Kier alpha value is -3.00. The van der Waals surface area contributed by atoms with Crippen molar-refractivity contribution in [3.05, 3.63) is 60.2 Å². The van der Waals surface area contributed by atoms with E-state index in [9.17, 15) is 10.1 Å². The van der Waals surface area contributed by atoms with Gasteiger partial charge in [0.1, 0.15) is 11.8 Å². The average Bonchev–Trinajstić information content (AvgIpc) is 2.64. The first kappa shape index (κ1) is 17.4. The molecule has 2 aromatic rings. The second kappa shape index (κ2) is 8.59. The van der Waals surface area contributed by atoms with Crippen LogP contribution in [0.2, 0.25) is 0 Å². The normalized spacial score (nSPS) is 11.2. The summed E-state index contributed by atoms with van der Waals surface area (Å²) in [6.45, 7) is 0.569. The minimum atomic E-state index is -0.726. The van der Waals surface area contributed by atoms with Crippen molar-refractivity contribution >= 4 is 11.6 Å². The van der Waals surface area contributed by atoms with E-state index in [1.807, 2.05) is 54.4 Å². The standard InChI is InChI=1S/C19H21N3O2/c1-22(15-8-4-3-5-9-15)13-12-19(23)21-17(14-20)16-10-6-7-11-18(16)24-2/h3-11,17H,12-13H2,1-2H3,(H,21,23)/t17-/m1/s1. The summed E-state index contributed by atoms with van der Waals surface area (Å²) in [5.74, 6) is 0.418. The molecule has 0 fully saturated rings. The van der Waals surface area contributed by atoms with Crippen molar-refractivity contribution in [2.24, 2.45) is 0 Å². The summed E-state index contributed by atoms with van der Waals surface area (Å²) < 4.78 is 5.26. The molecule has 5 heteroatoms. The smallest absolute Gasteiger partial charge is 0.223 e. The number of ether oxygens (including phenoxy) is 1. The topological polar surface area (TPSA) is 65.4 Å². The lowest BCUT2D eigenvalue weighted by atomic mass is 10.1. The van der Waals surface area contributed by atoms with Crippen LogP contribution >= 0.6 is 0 Å². The quantitative estimate of drug-likeness (QED) is 0.851. The molecule has 0 saturated carbocycles. The lowest BCUT2D eigenvalue weighted by Gasteiger charge is -2.20. The molecule has 0 spiro atoms. The summed E-state index contributed by atoms with van der Waals surface area (Å²) in [6, 6.07) is 18.4. The Morgan fingerprint density at radius 2 is 1.88 bits per heavy atom. The molecule has 5 nitrogen and oxygen atoms in total. The molecule has 0 saturated heterocycles. The minimum Gasteiger partial charge on any atom is -0.496 e. The molecule has 24 heavy (non-hydrogen) atoms. The van der Waals surface area contributed by atoms with Gasteiger partial charge in [0.2, 0.25) is 5.91 Å². The third-order valence-corrected chi connectivity index (χ3v) is 3.76. The van der Waals surface area contributed by atoms with Crippen LogP contribution < -0.4 is 15.0 Å². The Balaban J connectivity index is 1.94. The summed E-state index contributed by atoms with van der Waals surface area (Å²) in [4.78, 5) is 14.2. The first-order chi connectivity index (χ1) is 11.7. The zero-order chi connectivity index (χ0) is 17.4. The monoisotopic (exact) mass is 323 g/mol. The molecule has 0 radical (unpaired) electrons. The number of nitriles is 1. The van der Waals surface area contributed by atoms with Crippen LogP contribution in [0.1, 0.15) is 18.0 Å². The van der Waals surface area contributed by atoms with Crippen LogP contribution in [0.3, 0.4) is 0 Å². The molecule has 0 bridgehead atoms. The Labute approximate surface area is 142 Å². The number of anilines is 1. The summed E-state index contributed by atoms with van der Waals surface area (Å²) in [5.41, 5.74) is 1.71. The summed E-state index contributed by atoms with van der Waals surface area (Å²) in [7, 11) is 3.48. The van der Waals surface area contributed by atoms with Gasteiger partial charge in [-0.05, 0) is 18.2 Å². The minimum absolute atomic E-state index is 0.171. The van der Waals surface area contributed by atoms with Gasteiger partial charge in [-0.3, -0.25) is 4.79 Å². The summed E-state index contributed by atoms with van der Waals surface area (Å²) in [6.07, 6.45) is 0.304. The maximum Gasteiger partial charge on any atom is 0.223 e. The number of methoxy groups -OCH3 is 1. The number of amides is 1. The molecule has 2 aromatic carbocycles. The summed E-state index contributed by atoms with van der Waals surface area (Å²) >= 11 is 0. The Morgan fingerprint density at radius 1 is 1.21 bits per heavy atom. The van der Waals surface area contributed by atoms with E-state index in [2.05, 4.69) is 11.4 Å². The van der Waals surface area contributed by atoms with E-state index in [1.165, 1.54) is 0 Å². The molecule has 1 amide bonds. The maximum atomic E-state index is 12.2. The van der Waals surface area contributed by atoms with Gasteiger partial charge in [-0.2, -0.15) is 5.26 Å². The number of hydrogen-bond donors (Lipinski definition) is 1. The maximum absolute atomic E-state index is 12.2. The highest BCUT2D eigenvalue weighted by atomic mass is 16.5. The Kier molecular flexibility index (Phi) is 6.21. The van der Waals surface area contributed by atoms with Crippen molar-refractivity contribution in [3.8, 4) is 11.8 Å². The van der Waals surface area contributed by atoms with Crippen LogP contribution in [-0.2, 0) is 4.79 Å². The van der Waals surface area contributed by atoms with Crippen LogP contribution in [0.15, 0.2) is 54.6 Å². The highest BCUT2D eigenvalue weighted by molar-refractivity contribution is 5.77. The van der Waals surface area contributed by atoms with E-state index in [1.54, 1.807) is 19.2 Å². The number of carbonyl (C=O) groups is 1. The Bertz CT molecular complexity index is 710. The molecule has 1 atom stereocenters. The molecule has 0 aliphatic heterocycles. The number of para-hydroxylation sites is 2. The lowest BCUT2D eigenvalue weighted by Crippen LogP contribution is -2.31. The van der Waals surface area contributed by atoms with E-state index in [-0.39, 0.29) is 5.91 Å². The van der Waals surface area contributed by atoms with Crippen molar-refractivity contribution in [1.29, 1.82) is 5.26 Å². The van der Waals surface area contributed by atoms with Gasteiger partial charge in [0.25, 0.3) is 0 Å². The fourth-order valence-electron chi connectivity index (χ4n) is 2.40. The number of nitrogens with zero attached hydrogens (tertiary/aromatic N) is 2. The number of nitrogens with one attached hydrogen (secondary N) is 1. The van der Waals surface area contributed by atoms with Gasteiger partial charge in [-0.1, -0.05) is 36.4 Å². The van der Waals surface area contributed by atoms with Crippen molar-refractivity contribution in [3.63, 3.8) is 0 Å². The second-order valence-corrected chi connectivity index (χ2v) is 5.38. The van der Waals surface area contributed by atoms with Gasteiger partial charge >= 0.3 is 0 Å². The zero-order valence-electron chi connectivity index (χ0n) is 13.9. The fraction of sp³-hybridized carbons (Fsp3) is 0.263. The van der Waals surface area contributed by atoms with Crippen molar-refractivity contribution < 1.29 is 9.53 Å². The summed E-state index contributed by atoms with van der Waals surface area (Å²) in [5, 5.41) is 12.1.